The molecule has 11 nitrogen and oxygen atoms in total. The molecule has 2 aliphatic rings. The van der Waals surface area contributed by atoms with Gasteiger partial charge in [-0.25, -0.2) is 14.0 Å². The fourth-order valence-electron chi connectivity index (χ4n) is 4.37. The van der Waals surface area contributed by atoms with E-state index < -0.39 is 47.8 Å². The van der Waals surface area contributed by atoms with Crippen molar-refractivity contribution in [2.75, 3.05) is 18.8 Å². The summed E-state index contributed by atoms with van der Waals surface area (Å²) in [4.78, 5) is 61.2. The average molecular weight is 598 g/mol. The Balaban J connectivity index is 1.64. The van der Waals surface area contributed by atoms with Gasteiger partial charge in [-0.05, 0) is 37.3 Å². The fraction of sp³-hybridized carbons (Fsp3) is 0.500. The number of ketones is 1. The van der Waals surface area contributed by atoms with Crippen LogP contribution in [0.5, 0.6) is 0 Å². The summed E-state index contributed by atoms with van der Waals surface area (Å²) >= 11 is 0. The van der Waals surface area contributed by atoms with Crippen molar-refractivity contribution in [3.05, 3.63) is 47.3 Å². The molecule has 3 rings (SSSR count). The van der Waals surface area contributed by atoms with E-state index in [1.165, 1.54) is 16.9 Å². The minimum absolute atomic E-state index is 0.0324. The first-order valence-electron chi connectivity index (χ1n) is 12.7. The van der Waals surface area contributed by atoms with Gasteiger partial charge in [-0.2, -0.15) is 0 Å². The van der Waals surface area contributed by atoms with Crippen LogP contribution >= 0.6 is 21.6 Å². The highest BCUT2D eigenvalue weighted by Gasteiger charge is 2.41. The first-order valence-corrected chi connectivity index (χ1v) is 15.1. The van der Waals surface area contributed by atoms with Crippen molar-refractivity contribution >= 4 is 51.2 Å². The average Bonchev–Trinajstić information content (AvgIpc) is 3.74. The van der Waals surface area contributed by atoms with Gasteiger partial charge >= 0.3 is 17.9 Å². The molecule has 6 N–H and O–H groups in total. The zero-order valence-corrected chi connectivity index (χ0v) is 23.2. The molecule has 1 saturated carbocycles. The largest absolute Gasteiger partial charge is 0.480 e. The highest BCUT2D eigenvalue weighted by molar-refractivity contribution is 8.77. The molecule has 1 aromatic carbocycles. The molecule has 1 saturated heterocycles. The van der Waals surface area contributed by atoms with E-state index in [9.17, 15) is 38.6 Å². The standard InChI is InChI=1S/C26H32FN3O8S2/c27-17-4-2-1-3-16(17)23(24(34)14-5-6-14)30-10-9-20(15(12-30)11-22(32)33)40-39-13-19(26(37)38)29-21(31)8-7-18(28)25(35)36/h1-4,11,14,18-20,23H,5-10,12-13,28H2,(H,29,31)(H,32,33)(H,35,36)(H,37,38)/b15-11-. The molecule has 2 fully saturated rings. The Kier molecular flexibility index (Phi) is 11.5. The van der Waals surface area contributed by atoms with Gasteiger partial charge in [0.15, 0.2) is 5.78 Å². The Hall–Kier alpha value is -2.94. The molecule has 0 radical (unpaired) electrons. The van der Waals surface area contributed by atoms with Gasteiger partial charge < -0.3 is 26.4 Å². The number of carbonyl (C=O) groups excluding carboxylic acids is 2. The number of likely N-dealkylation sites (tertiary alicyclic amines) is 1. The molecule has 1 aliphatic heterocycles. The number of nitrogens with two attached hydrogens (primary N) is 1. The van der Waals surface area contributed by atoms with Gasteiger partial charge in [0.1, 0.15) is 17.9 Å². The number of nitrogens with one attached hydrogen (secondary N) is 1. The van der Waals surface area contributed by atoms with Gasteiger partial charge in [0, 0.05) is 48.1 Å². The molecule has 1 heterocycles. The number of halogens is 1. The van der Waals surface area contributed by atoms with Crippen molar-refractivity contribution in [1.82, 2.24) is 10.2 Å². The summed E-state index contributed by atoms with van der Waals surface area (Å²) in [6.07, 6.45) is 2.62. The second kappa shape index (κ2) is 14.6. The van der Waals surface area contributed by atoms with Crippen molar-refractivity contribution in [2.24, 2.45) is 11.7 Å². The Morgan fingerprint density at radius 3 is 2.40 bits per heavy atom. The summed E-state index contributed by atoms with van der Waals surface area (Å²) in [6.45, 7) is 0.528. The summed E-state index contributed by atoms with van der Waals surface area (Å²) in [7, 11) is 2.42. The van der Waals surface area contributed by atoms with Gasteiger partial charge in [0.25, 0.3) is 0 Å². The van der Waals surface area contributed by atoms with Crippen LogP contribution in [0, 0.1) is 11.7 Å². The van der Waals surface area contributed by atoms with E-state index >= 15 is 0 Å². The Morgan fingerprint density at radius 2 is 1.80 bits per heavy atom. The molecule has 14 heteroatoms. The quantitative estimate of drug-likeness (QED) is 0.147. The molecule has 218 valence electrons. The third kappa shape index (κ3) is 9.04. The highest BCUT2D eigenvalue weighted by Crippen LogP contribution is 2.42. The van der Waals surface area contributed by atoms with Gasteiger partial charge in [0.2, 0.25) is 5.91 Å². The monoisotopic (exact) mass is 597 g/mol. The number of nitrogens with zero attached hydrogens (tertiary/aromatic N) is 1. The second-order valence-corrected chi connectivity index (χ2v) is 12.3. The molecular weight excluding hydrogens is 565 g/mol. The molecule has 4 atom stereocenters. The van der Waals surface area contributed by atoms with E-state index in [1.807, 2.05) is 0 Å². The Bertz CT molecular complexity index is 1160. The maximum atomic E-state index is 14.7. The molecule has 4 unspecified atom stereocenters. The molecule has 0 bridgehead atoms. The highest BCUT2D eigenvalue weighted by atomic mass is 33.1. The number of benzene rings is 1. The third-order valence-electron chi connectivity index (χ3n) is 6.65. The van der Waals surface area contributed by atoms with E-state index in [1.54, 1.807) is 23.1 Å². The molecule has 1 aromatic rings. The van der Waals surface area contributed by atoms with Crippen LogP contribution < -0.4 is 11.1 Å². The smallest absolute Gasteiger partial charge is 0.328 e. The number of rotatable bonds is 15. The number of carbonyl (C=O) groups is 5. The summed E-state index contributed by atoms with van der Waals surface area (Å²) < 4.78 is 14.7. The Morgan fingerprint density at radius 1 is 1.10 bits per heavy atom. The van der Waals surface area contributed by atoms with Crippen molar-refractivity contribution < 1.29 is 43.7 Å². The number of amides is 1. The topological polar surface area (TPSA) is 187 Å². The maximum absolute atomic E-state index is 14.7. The van der Waals surface area contributed by atoms with E-state index in [4.69, 9.17) is 10.8 Å². The molecule has 1 amide bonds. The third-order valence-corrected chi connectivity index (χ3v) is 9.54. The van der Waals surface area contributed by atoms with Crippen LogP contribution in [0.1, 0.15) is 43.7 Å². The normalized spacial score (nSPS) is 20.9. The fourth-order valence-corrected chi connectivity index (χ4v) is 7.24. The summed E-state index contributed by atoms with van der Waals surface area (Å²) in [5, 5.41) is 29.8. The van der Waals surface area contributed by atoms with E-state index in [-0.39, 0.29) is 47.7 Å². The lowest BCUT2D eigenvalue weighted by atomic mass is 9.93. The van der Waals surface area contributed by atoms with Crippen LogP contribution in [0.3, 0.4) is 0 Å². The van der Waals surface area contributed by atoms with Gasteiger partial charge in [-0.3, -0.25) is 19.3 Å². The summed E-state index contributed by atoms with van der Waals surface area (Å²) in [5.41, 5.74) is 6.15. The number of carboxylic acids is 3. The summed E-state index contributed by atoms with van der Waals surface area (Å²) in [5.74, 6) is -5.09. The van der Waals surface area contributed by atoms with Gasteiger partial charge in [-0.1, -0.05) is 39.8 Å². The lowest BCUT2D eigenvalue weighted by molar-refractivity contribution is -0.141. The van der Waals surface area contributed by atoms with E-state index in [0.29, 0.717) is 18.5 Å². The van der Waals surface area contributed by atoms with Crippen LogP contribution in [0.15, 0.2) is 35.9 Å². The number of aliphatic carboxylic acids is 3. The van der Waals surface area contributed by atoms with Crippen LogP contribution in [0.4, 0.5) is 4.39 Å². The van der Waals surface area contributed by atoms with Crippen molar-refractivity contribution in [3.8, 4) is 0 Å². The SMILES string of the molecule is NC(CCC(=O)NC(CSSC1CCN(C(C(=O)C2CC2)c2ccccc2F)C/C1=C/C(=O)O)C(=O)O)C(=O)O. The number of carboxylic acid groups (broad SMARTS) is 3. The van der Waals surface area contributed by atoms with Crippen molar-refractivity contribution in [1.29, 1.82) is 0 Å². The van der Waals surface area contributed by atoms with Gasteiger partial charge in [0.05, 0.1) is 6.04 Å². The van der Waals surface area contributed by atoms with Crippen LogP contribution in [-0.2, 0) is 24.0 Å². The molecule has 1 aliphatic carbocycles. The van der Waals surface area contributed by atoms with Crippen LogP contribution in [0.25, 0.3) is 0 Å². The van der Waals surface area contributed by atoms with Crippen molar-refractivity contribution in [2.45, 2.75) is 55.5 Å². The number of hydrogen-bond acceptors (Lipinski definition) is 9. The Labute approximate surface area is 238 Å². The molecule has 0 spiro atoms. The van der Waals surface area contributed by atoms with Gasteiger partial charge in [-0.15, -0.1) is 0 Å². The number of Topliss-reactive ketones (excluding diaryl/α,β-unsaturated/α-hetero) is 1. The zero-order chi connectivity index (χ0) is 29.4. The second-order valence-electron chi connectivity index (χ2n) is 9.73. The predicted octanol–water partition coefficient (Wildman–Crippen LogP) is 2.07. The number of hydrogen-bond donors (Lipinski definition) is 5. The minimum atomic E-state index is -1.27. The number of piperidine rings is 1. The van der Waals surface area contributed by atoms with Crippen LogP contribution in [-0.4, -0.2) is 86.0 Å². The van der Waals surface area contributed by atoms with E-state index in [2.05, 4.69) is 5.32 Å². The van der Waals surface area contributed by atoms with Crippen molar-refractivity contribution in [3.63, 3.8) is 0 Å². The first-order chi connectivity index (χ1) is 19.0. The lowest BCUT2D eigenvalue weighted by Gasteiger charge is -2.38. The lowest BCUT2D eigenvalue weighted by Crippen LogP contribution is -2.44. The van der Waals surface area contributed by atoms with E-state index in [0.717, 1.165) is 29.7 Å². The van der Waals surface area contributed by atoms with Crippen LogP contribution in [0.2, 0.25) is 0 Å². The minimum Gasteiger partial charge on any atom is -0.480 e. The molecular formula is C26H32FN3O8S2. The maximum Gasteiger partial charge on any atom is 0.328 e. The first kappa shape index (κ1) is 31.6. The zero-order valence-electron chi connectivity index (χ0n) is 21.5. The molecule has 0 aromatic heterocycles. The summed E-state index contributed by atoms with van der Waals surface area (Å²) in [6, 6.07) is 2.77. The predicted molar refractivity (Wildman–Crippen MR) is 147 cm³/mol. The molecule has 40 heavy (non-hydrogen) atoms.